The summed E-state index contributed by atoms with van der Waals surface area (Å²) < 4.78 is 43.9. The number of amides is 2. The zero-order valence-corrected chi connectivity index (χ0v) is 15.5. The number of carbonyl (C=O) groups excluding carboxylic acids is 2. The highest BCUT2D eigenvalue weighted by molar-refractivity contribution is 6.31. The van der Waals surface area contributed by atoms with Gasteiger partial charge in [-0.05, 0) is 36.4 Å². The molecular formula is C19H16ClF3N2O3. The Morgan fingerprint density at radius 1 is 1.25 bits per heavy atom. The summed E-state index contributed by atoms with van der Waals surface area (Å²) in [6.07, 6.45) is -4.62. The van der Waals surface area contributed by atoms with Gasteiger partial charge >= 0.3 is 6.18 Å². The quantitative estimate of drug-likeness (QED) is 0.811. The Kier molecular flexibility index (Phi) is 5.51. The largest absolute Gasteiger partial charge is 0.495 e. The number of ether oxygens (including phenoxy) is 1. The maximum absolute atomic E-state index is 12.9. The van der Waals surface area contributed by atoms with Crippen molar-refractivity contribution in [1.29, 1.82) is 0 Å². The molecule has 1 fully saturated rings. The monoisotopic (exact) mass is 412 g/mol. The van der Waals surface area contributed by atoms with E-state index in [1.807, 2.05) is 0 Å². The van der Waals surface area contributed by atoms with Crippen molar-refractivity contribution < 1.29 is 27.5 Å². The molecule has 0 aromatic heterocycles. The van der Waals surface area contributed by atoms with Crippen molar-refractivity contribution in [2.45, 2.75) is 12.6 Å². The molecule has 0 bridgehead atoms. The number of rotatable bonds is 4. The van der Waals surface area contributed by atoms with E-state index >= 15 is 0 Å². The molecule has 1 aliphatic rings. The molecule has 9 heteroatoms. The van der Waals surface area contributed by atoms with Crippen LogP contribution in [0.2, 0.25) is 5.02 Å². The lowest BCUT2D eigenvalue weighted by Crippen LogP contribution is -2.28. The number of hydrogen-bond donors (Lipinski definition) is 1. The van der Waals surface area contributed by atoms with E-state index < -0.39 is 29.5 Å². The van der Waals surface area contributed by atoms with E-state index in [-0.39, 0.29) is 18.7 Å². The molecule has 1 N–H and O–H groups in total. The van der Waals surface area contributed by atoms with Crippen molar-refractivity contribution in [3.05, 3.63) is 53.1 Å². The first kappa shape index (κ1) is 20.0. The third-order valence-corrected chi connectivity index (χ3v) is 4.64. The van der Waals surface area contributed by atoms with Gasteiger partial charge in [-0.25, -0.2) is 0 Å². The number of benzene rings is 2. The molecule has 1 saturated heterocycles. The Hall–Kier alpha value is -2.74. The number of carbonyl (C=O) groups is 2. The van der Waals surface area contributed by atoms with Gasteiger partial charge in [-0.1, -0.05) is 17.7 Å². The number of nitrogens with one attached hydrogen (secondary N) is 1. The highest BCUT2D eigenvalue weighted by atomic mass is 35.5. The smallest absolute Gasteiger partial charge is 0.416 e. The van der Waals surface area contributed by atoms with Crippen LogP contribution in [-0.2, 0) is 15.8 Å². The summed E-state index contributed by atoms with van der Waals surface area (Å²) in [6, 6.07) is 9.18. The molecule has 1 atom stereocenters. The molecule has 2 aromatic carbocycles. The first-order chi connectivity index (χ1) is 13.2. The Bertz CT molecular complexity index is 918. The lowest BCUT2D eigenvalue weighted by Gasteiger charge is -2.18. The maximum Gasteiger partial charge on any atom is 0.416 e. The van der Waals surface area contributed by atoms with E-state index in [2.05, 4.69) is 5.32 Å². The number of halogens is 4. The molecule has 0 spiro atoms. The average molecular weight is 413 g/mol. The predicted molar refractivity (Wildman–Crippen MR) is 98.5 cm³/mol. The van der Waals surface area contributed by atoms with Crippen LogP contribution in [-0.4, -0.2) is 25.5 Å². The van der Waals surface area contributed by atoms with Crippen LogP contribution in [0.25, 0.3) is 0 Å². The third-order valence-electron chi connectivity index (χ3n) is 4.40. The molecule has 0 saturated carbocycles. The van der Waals surface area contributed by atoms with Gasteiger partial charge in [0.15, 0.2) is 0 Å². The molecule has 5 nitrogen and oxygen atoms in total. The van der Waals surface area contributed by atoms with Crippen molar-refractivity contribution in [2.24, 2.45) is 5.92 Å². The highest BCUT2D eigenvalue weighted by Crippen LogP contribution is 2.34. The lowest BCUT2D eigenvalue weighted by molar-refractivity contribution is -0.137. The fourth-order valence-corrected chi connectivity index (χ4v) is 3.17. The van der Waals surface area contributed by atoms with Crippen molar-refractivity contribution in [3.63, 3.8) is 0 Å². The molecule has 1 aliphatic heterocycles. The molecule has 3 rings (SSSR count). The van der Waals surface area contributed by atoms with Crippen LogP contribution in [0.5, 0.6) is 5.75 Å². The highest BCUT2D eigenvalue weighted by Gasteiger charge is 2.37. The van der Waals surface area contributed by atoms with E-state index in [4.69, 9.17) is 16.3 Å². The minimum absolute atomic E-state index is 0.0190. The van der Waals surface area contributed by atoms with Crippen molar-refractivity contribution in [1.82, 2.24) is 0 Å². The van der Waals surface area contributed by atoms with Crippen molar-refractivity contribution in [2.75, 3.05) is 23.9 Å². The summed E-state index contributed by atoms with van der Waals surface area (Å²) in [7, 11) is 1.44. The minimum atomic E-state index is -4.52. The molecule has 0 unspecified atom stereocenters. The van der Waals surface area contributed by atoms with Gasteiger partial charge < -0.3 is 15.0 Å². The first-order valence-electron chi connectivity index (χ1n) is 8.31. The summed E-state index contributed by atoms with van der Waals surface area (Å²) in [5.74, 6) is -1.18. The zero-order valence-electron chi connectivity index (χ0n) is 14.7. The SMILES string of the molecule is COc1ccc(Cl)cc1NC(=O)[C@@H]1CC(=O)N(c2cccc(C(F)(F)F)c2)C1. The molecule has 148 valence electrons. The second-order valence-corrected chi connectivity index (χ2v) is 6.72. The zero-order chi connectivity index (χ0) is 20.5. The summed E-state index contributed by atoms with van der Waals surface area (Å²) in [6.45, 7) is -0.0190. The van der Waals surface area contributed by atoms with E-state index in [9.17, 15) is 22.8 Å². The summed E-state index contributed by atoms with van der Waals surface area (Å²) in [5, 5.41) is 3.06. The topological polar surface area (TPSA) is 58.6 Å². The van der Waals surface area contributed by atoms with E-state index in [0.717, 1.165) is 12.1 Å². The molecule has 2 amide bonds. The Balaban J connectivity index is 1.76. The van der Waals surface area contributed by atoms with E-state index in [1.165, 1.54) is 30.2 Å². The van der Waals surface area contributed by atoms with Gasteiger partial charge in [-0.3, -0.25) is 9.59 Å². The second-order valence-electron chi connectivity index (χ2n) is 6.29. The van der Waals surface area contributed by atoms with Crippen LogP contribution in [0, 0.1) is 5.92 Å². The summed E-state index contributed by atoms with van der Waals surface area (Å²) in [4.78, 5) is 26.1. The minimum Gasteiger partial charge on any atom is -0.495 e. The molecule has 28 heavy (non-hydrogen) atoms. The Labute approximate surface area is 164 Å². The second kappa shape index (κ2) is 7.71. The predicted octanol–water partition coefficient (Wildman–Crippen LogP) is 4.36. The van der Waals surface area contributed by atoms with Crippen LogP contribution in [0.15, 0.2) is 42.5 Å². The molecule has 0 radical (unpaired) electrons. The number of anilines is 2. The summed E-state index contributed by atoms with van der Waals surface area (Å²) in [5.41, 5.74) is -0.394. The van der Waals surface area contributed by atoms with Crippen molar-refractivity contribution in [3.8, 4) is 5.75 Å². The average Bonchev–Trinajstić information content (AvgIpc) is 3.03. The summed E-state index contributed by atoms with van der Waals surface area (Å²) >= 11 is 5.93. The number of alkyl halides is 3. The van der Waals surface area contributed by atoms with Gasteiger partial charge in [0.05, 0.1) is 24.3 Å². The van der Waals surface area contributed by atoms with Gasteiger partial charge in [0, 0.05) is 23.7 Å². The number of hydrogen-bond acceptors (Lipinski definition) is 3. The van der Waals surface area contributed by atoms with Gasteiger partial charge in [0.1, 0.15) is 5.75 Å². The van der Waals surface area contributed by atoms with Crippen LogP contribution in [0.3, 0.4) is 0 Å². The van der Waals surface area contributed by atoms with Gasteiger partial charge in [-0.2, -0.15) is 13.2 Å². The normalized spacial score (nSPS) is 17.0. The van der Waals surface area contributed by atoms with Gasteiger partial charge in [0.2, 0.25) is 11.8 Å². The number of methoxy groups -OCH3 is 1. The first-order valence-corrected chi connectivity index (χ1v) is 8.69. The fraction of sp³-hybridized carbons (Fsp3) is 0.263. The Morgan fingerprint density at radius 2 is 2.00 bits per heavy atom. The third kappa shape index (κ3) is 4.22. The Morgan fingerprint density at radius 3 is 2.68 bits per heavy atom. The van der Waals surface area contributed by atoms with E-state index in [1.54, 1.807) is 12.1 Å². The van der Waals surface area contributed by atoms with Crippen LogP contribution in [0.1, 0.15) is 12.0 Å². The molecule has 2 aromatic rings. The molecular weight excluding hydrogens is 397 g/mol. The molecule has 0 aliphatic carbocycles. The van der Waals surface area contributed by atoms with Crippen molar-refractivity contribution >= 4 is 34.8 Å². The van der Waals surface area contributed by atoms with Crippen LogP contribution < -0.4 is 15.0 Å². The van der Waals surface area contributed by atoms with Gasteiger partial charge in [-0.15, -0.1) is 0 Å². The standard InChI is InChI=1S/C19H16ClF3N2O3/c1-28-16-6-5-13(20)9-15(16)24-18(27)11-7-17(26)25(10-11)14-4-2-3-12(8-14)19(21,22)23/h2-6,8-9,11H,7,10H2,1H3,(H,24,27)/t11-/m1/s1. The lowest BCUT2D eigenvalue weighted by atomic mass is 10.1. The van der Waals surface area contributed by atoms with Crippen LogP contribution in [0.4, 0.5) is 24.5 Å². The fourth-order valence-electron chi connectivity index (χ4n) is 3.00. The molecule has 1 heterocycles. The number of nitrogens with zero attached hydrogens (tertiary/aromatic N) is 1. The van der Waals surface area contributed by atoms with Crippen LogP contribution >= 0.6 is 11.6 Å². The van der Waals surface area contributed by atoms with Gasteiger partial charge in [0.25, 0.3) is 0 Å². The maximum atomic E-state index is 12.9. The van der Waals surface area contributed by atoms with E-state index in [0.29, 0.717) is 16.5 Å².